The average Bonchev–Trinajstić information content (AvgIpc) is 2.71. The molecule has 1 saturated carbocycles. The monoisotopic (exact) mass is 362 g/mol. The summed E-state index contributed by atoms with van der Waals surface area (Å²) < 4.78 is 0. The maximum atomic E-state index is 12.9. The molecule has 1 aliphatic heterocycles. The van der Waals surface area contributed by atoms with Gasteiger partial charge in [-0.15, -0.1) is 0 Å². The van der Waals surface area contributed by atoms with Crippen molar-refractivity contribution in [1.29, 1.82) is 0 Å². The van der Waals surface area contributed by atoms with Gasteiger partial charge in [0.15, 0.2) is 0 Å². The Kier molecular flexibility index (Phi) is 4.40. The fourth-order valence-corrected chi connectivity index (χ4v) is 4.31. The van der Waals surface area contributed by atoms with Crippen LogP contribution in [0.1, 0.15) is 40.0 Å². The third kappa shape index (κ3) is 2.84. The number of rotatable bonds is 4. The van der Waals surface area contributed by atoms with Gasteiger partial charge in [0.25, 0.3) is 0 Å². The van der Waals surface area contributed by atoms with Crippen LogP contribution in [0.4, 0.5) is 5.69 Å². The highest BCUT2D eigenvalue weighted by Crippen LogP contribution is 2.59. The van der Waals surface area contributed by atoms with Gasteiger partial charge in [0.2, 0.25) is 17.7 Å². The quantitative estimate of drug-likeness (QED) is 0.834. The van der Waals surface area contributed by atoms with E-state index in [1.807, 2.05) is 20.8 Å². The van der Waals surface area contributed by atoms with E-state index in [9.17, 15) is 14.4 Å². The summed E-state index contributed by atoms with van der Waals surface area (Å²) >= 11 is 5.90. The first-order valence-electron chi connectivity index (χ1n) is 8.58. The van der Waals surface area contributed by atoms with Crippen LogP contribution in [0.2, 0.25) is 5.02 Å². The van der Waals surface area contributed by atoms with Crippen molar-refractivity contribution < 1.29 is 14.4 Å². The van der Waals surface area contributed by atoms with Gasteiger partial charge in [-0.25, -0.2) is 0 Å². The third-order valence-corrected chi connectivity index (χ3v) is 6.41. The molecule has 0 aromatic heterocycles. The number of piperidine rings is 1. The minimum atomic E-state index is -0.533. The van der Waals surface area contributed by atoms with E-state index in [1.54, 1.807) is 24.3 Å². The Morgan fingerprint density at radius 1 is 1.32 bits per heavy atom. The predicted molar refractivity (Wildman–Crippen MR) is 96.0 cm³/mol. The Bertz CT molecular complexity index is 746. The highest BCUT2D eigenvalue weighted by molar-refractivity contribution is 6.30. The van der Waals surface area contributed by atoms with Crippen LogP contribution < -0.4 is 5.32 Å². The molecule has 5 nitrogen and oxygen atoms in total. The highest BCUT2D eigenvalue weighted by atomic mass is 35.5. The van der Waals surface area contributed by atoms with E-state index in [0.717, 1.165) is 12.8 Å². The summed E-state index contributed by atoms with van der Waals surface area (Å²) in [4.78, 5) is 39.1. The van der Waals surface area contributed by atoms with E-state index in [0.29, 0.717) is 10.7 Å². The molecule has 1 aromatic rings. The van der Waals surface area contributed by atoms with E-state index in [2.05, 4.69) is 5.32 Å². The first-order valence-corrected chi connectivity index (χ1v) is 8.96. The molecule has 1 heterocycles. The van der Waals surface area contributed by atoms with Crippen molar-refractivity contribution >= 4 is 35.0 Å². The summed E-state index contributed by atoms with van der Waals surface area (Å²) in [6.45, 7) is 6.07. The SMILES string of the molecule is CC12CCC(C(=O)N(CCC(=O)Nc3cccc(Cl)c3)C1=O)C2(C)C. The lowest BCUT2D eigenvalue weighted by Gasteiger charge is -2.47. The Labute approximate surface area is 152 Å². The van der Waals surface area contributed by atoms with Crippen molar-refractivity contribution in [2.45, 2.75) is 40.0 Å². The molecule has 2 aliphatic rings. The smallest absolute Gasteiger partial charge is 0.235 e. The van der Waals surface area contributed by atoms with Crippen molar-refractivity contribution in [3.05, 3.63) is 29.3 Å². The minimum Gasteiger partial charge on any atom is -0.326 e. The molecule has 6 heteroatoms. The van der Waals surface area contributed by atoms with Crippen LogP contribution in [0.25, 0.3) is 0 Å². The molecule has 25 heavy (non-hydrogen) atoms. The molecule has 1 aliphatic carbocycles. The molecule has 2 fully saturated rings. The molecule has 2 atom stereocenters. The van der Waals surface area contributed by atoms with Crippen LogP contribution >= 0.6 is 11.6 Å². The van der Waals surface area contributed by atoms with Crippen molar-refractivity contribution in [2.75, 3.05) is 11.9 Å². The van der Waals surface area contributed by atoms with Crippen LogP contribution in [0.5, 0.6) is 0 Å². The molecule has 3 amide bonds. The zero-order valence-electron chi connectivity index (χ0n) is 14.8. The zero-order chi connectivity index (χ0) is 18.4. The predicted octanol–water partition coefficient (Wildman–Crippen LogP) is 3.48. The van der Waals surface area contributed by atoms with Gasteiger partial charge in [0.05, 0.1) is 5.41 Å². The molecule has 2 bridgehead atoms. The van der Waals surface area contributed by atoms with Crippen molar-refractivity contribution in [3.63, 3.8) is 0 Å². The van der Waals surface area contributed by atoms with Crippen LogP contribution in [0.15, 0.2) is 24.3 Å². The topological polar surface area (TPSA) is 66.5 Å². The van der Waals surface area contributed by atoms with Crippen molar-refractivity contribution in [2.24, 2.45) is 16.7 Å². The number of fused-ring (bicyclic) bond motifs is 2. The first kappa shape index (κ1) is 17.9. The summed E-state index contributed by atoms with van der Waals surface area (Å²) in [5, 5.41) is 3.28. The number of amides is 3. The van der Waals surface area contributed by atoms with Gasteiger partial charge in [-0.05, 0) is 36.5 Å². The Hall–Kier alpha value is -1.88. The number of anilines is 1. The number of benzene rings is 1. The second-order valence-electron chi connectivity index (χ2n) is 7.75. The molecule has 0 radical (unpaired) electrons. The number of hydrogen-bond acceptors (Lipinski definition) is 3. The van der Waals surface area contributed by atoms with E-state index < -0.39 is 5.41 Å². The van der Waals surface area contributed by atoms with E-state index in [-0.39, 0.29) is 42.0 Å². The summed E-state index contributed by atoms with van der Waals surface area (Å²) in [5.41, 5.74) is -0.266. The summed E-state index contributed by atoms with van der Waals surface area (Å²) in [6, 6.07) is 6.86. The molecule has 1 N–H and O–H groups in total. The lowest BCUT2D eigenvalue weighted by Crippen LogP contribution is -2.59. The molecule has 3 rings (SSSR count). The third-order valence-electron chi connectivity index (χ3n) is 6.18. The molecule has 1 aromatic carbocycles. The summed E-state index contributed by atoms with van der Waals surface area (Å²) in [7, 11) is 0. The summed E-state index contributed by atoms with van der Waals surface area (Å²) in [6.07, 6.45) is 1.53. The van der Waals surface area contributed by atoms with Crippen LogP contribution in [0, 0.1) is 16.7 Å². The van der Waals surface area contributed by atoms with Crippen molar-refractivity contribution in [3.8, 4) is 0 Å². The van der Waals surface area contributed by atoms with E-state index in [4.69, 9.17) is 11.6 Å². The zero-order valence-corrected chi connectivity index (χ0v) is 15.5. The lowest BCUT2D eigenvalue weighted by atomic mass is 9.62. The van der Waals surface area contributed by atoms with Gasteiger partial charge in [0, 0.05) is 29.6 Å². The number of carbonyl (C=O) groups is 3. The van der Waals surface area contributed by atoms with Gasteiger partial charge in [-0.1, -0.05) is 38.4 Å². The molecule has 0 spiro atoms. The molecule has 134 valence electrons. The van der Waals surface area contributed by atoms with Gasteiger partial charge in [0.1, 0.15) is 0 Å². The summed E-state index contributed by atoms with van der Waals surface area (Å²) in [5.74, 6) is -0.677. The van der Waals surface area contributed by atoms with Gasteiger partial charge >= 0.3 is 0 Å². The van der Waals surface area contributed by atoms with Crippen LogP contribution in [0.3, 0.4) is 0 Å². The number of nitrogens with zero attached hydrogens (tertiary/aromatic N) is 1. The van der Waals surface area contributed by atoms with E-state index in [1.165, 1.54) is 4.90 Å². The van der Waals surface area contributed by atoms with Crippen LogP contribution in [-0.4, -0.2) is 29.2 Å². The number of hydrogen-bond donors (Lipinski definition) is 1. The van der Waals surface area contributed by atoms with Gasteiger partial charge in [-0.3, -0.25) is 19.3 Å². The Balaban J connectivity index is 1.66. The molecule has 1 saturated heterocycles. The normalized spacial score (nSPS) is 27.5. The Morgan fingerprint density at radius 3 is 2.72 bits per heavy atom. The van der Waals surface area contributed by atoms with Gasteiger partial charge < -0.3 is 5.32 Å². The molecule has 2 unspecified atom stereocenters. The largest absolute Gasteiger partial charge is 0.326 e. The second kappa shape index (κ2) is 6.13. The number of nitrogens with one attached hydrogen (secondary N) is 1. The number of imide groups is 1. The number of carbonyl (C=O) groups excluding carboxylic acids is 3. The maximum absolute atomic E-state index is 12.9. The number of halogens is 1. The second-order valence-corrected chi connectivity index (χ2v) is 8.19. The molecular formula is C19H23ClN2O3. The van der Waals surface area contributed by atoms with Crippen LogP contribution in [-0.2, 0) is 14.4 Å². The first-order chi connectivity index (χ1) is 11.7. The van der Waals surface area contributed by atoms with E-state index >= 15 is 0 Å². The average molecular weight is 363 g/mol. The fraction of sp³-hybridized carbons (Fsp3) is 0.526. The number of likely N-dealkylation sites (tertiary alicyclic amines) is 1. The maximum Gasteiger partial charge on any atom is 0.235 e. The standard InChI is InChI=1S/C19H23ClN2O3/c1-18(2)14-7-9-19(18,3)17(25)22(16(14)24)10-8-15(23)21-13-6-4-5-12(20)11-13/h4-6,11,14H,7-10H2,1-3H3,(H,21,23). The lowest BCUT2D eigenvalue weighted by molar-refractivity contribution is -0.167. The molecular weight excluding hydrogens is 340 g/mol. The van der Waals surface area contributed by atoms with Gasteiger partial charge in [-0.2, -0.15) is 0 Å². The fourth-order valence-electron chi connectivity index (χ4n) is 4.12. The Morgan fingerprint density at radius 2 is 2.04 bits per heavy atom. The van der Waals surface area contributed by atoms with Crippen molar-refractivity contribution in [1.82, 2.24) is 4.90 Å². The minimum absolute atomic E-state index is 0.0766. The highest BCUT2D eigenvalue weighted by Gasteiger charge is 2.64.